The molecule has 1 atom stereocenters. The Morgan fingerprint density at radius 2 is 1.14 bits per heavy atom. The smallest absolute Gasteiger partial charge is 0.143 e. The van der Waals surface area contributed by atoms with Gasteiger partial charge < -0.3 is 4.42 Å². The van der Waals surface area contributed by atoms with Crippen molar-refractivity contribution >= 4 is 91.3 Å². The van der Waals surface area contributed by atoms with Crippen LogP contribution in [0.25, 0.3) is 91.1 Å². The van der Waals surface area contributed by atoms with E-state index in [4.69, 9.17) is 4.42 Å². The van der Waals surface area contributed by atoms with E-state index in [1.807, 2.05) is 11.3 Å². The molecule has 11 rings (SSSR count). The Labute approximate surface area is 293 Å². The number of allylic oxidation sites excluding steroid dienone is 4. The average molecular weight is 655 g/mol. The lowest BCUT2D eigenvalue weighted by Crippen LogP contribution is -2.02. The Balaban J connectivity index is 1.12. The first-order chi connectivity index (χ1) is 24.8. The van der Waals surface area contributed by atoms with Crippen LogP contribution >= 0.6 is 11.3 Å². The topological polar surface area (TPSA) is 13.1 Å². The number of hydrogen-bond donors (Lipinski definition) is 0. The SMILES string of the molecule is C1=CC(c2ccccc2)CC(c2c3ccccc3c(-c3ccc4oc5c(ccc6c5ccc5sc7ccccc7c56)c4c3)c3ccccc23)=C1. The average Bonchev–Trinajstić information content (AvgIpc) is 3.76. The summed E-state index contributed by atoms with van der Waals surface area (Å²) in [6.07, 6.45) is 7.90. The van der Waals surface area contributed by atoms with Gasteiger partial charge in [0.15, 0.2) is 0 Å². The summed E-state index contributed by atoms with van der Waals surface area (Å²) in [7, 11) is 0. The normalized spacial score (nSPS) is 15.0. The van der Waals surface area contributed by atoms with Crippen molar-refractivity contribution in [2.75, 3.05) is 0 Å². The van der Waals surface area contributed by atoms with E-state index in [0.717, 1.165) is 28.4 Å². The molecule has 234 valence electrons. The van der Waals surface area contributed by atoms with Crippen LogP contribution in [0.15, 0.2) is 168 Å². The zero-order chi connectivity index (χ0) is 32.8. The molecule has 0 spiro atoms. The minimum absolute atomic E-state index is 0.357. The highest BCUT2D eigenvalue weighted by atomic mass is 32.1. The predicted octanol–water partition coefficient (Wildman–Crippen LogP) is 14.2. The molecule has 0 radical (unpaired) electrons. The van der Waals surface area contributed by atoms with Gasteiger partial charge in [-0.1, -0.05) is 127 Å². The van der Waals surface area contributed by atoms with Crippen LogP contribution < -0.4 is 0 Å². The summed E-state index contributed by atoms with van der Waals surface area (Å²) in [5.41, 5.74) is 8.45. The van der Waals surface area contributed by atoms with Crippen molar-refractivity contribution < 1.29 is 4.42 Å². The lowest BCUT2D eigenvalue weighted by molar-refractivity contribution is 0.673. The molecule has 0 saturated heterocycles. The van der Waals surface area contributed by atoms with Crippen LogP contribution in [-0.4, -0.2) is 0 Å². The summed E-state index contributed by atoms with van der Waals surface area (Å²) in [5, 5.41) is 12.5. The van der Waals surface area contributed by atoms with Crippen LogP contribution in [0, 0.1) is 0 Å². The van der Waals surface area contributed by atoms with Crippen molar-refractivity contribution in [1.29, 1.82) is 0 Å². The molecule has 2 heterocycles. The van der Waals surface area contributed by atoms with Crippen LogP contribution in [0.1, 0.15) is 23.5 Å². The molecule has 0 fully saturated rings. The maximum absolute atomic E-state index is 6.70. The first-order valence-corrected chi connectivity index (χ1v) is 18.2. The minimum Gasteiger partial charge on any atom is -0.455 e. The second kappa shape index (κ2) is 10.8. The van der Waals surface area contributed by atoms with E-state index in [-0.39, 0.29) is 0 Å². The van der Waals surface area contributed by atoms with E-state index < -0.39 is 0 Å². The minimum atomic E-state index is 0.357. The number of benzene rings is 8. The molecule has 2 heteroatoms. The number of rotatable bonds is 3. The zero-order valence-corrected chi connectivity index (χ0v) is 28.0. The van der Waals surface area contributed by atoms with Crippen molar-refractivity contribution in [1.82, 2.24) is 0 Å². The van der Waals surface area contributed by atoms with Gasteiger partial charge in [0.2, 0.25) is 0 Å². The molecule has 1 nitrogen and oxygen atoms in total. The molecule has 0 N–H and O–H groups in total. The third-order valence-electron chi connectivity index (χ3n) is 10.8. The third kappa shape index (κ3) is 4.06. The van der Waals surface area contributed by atoms with Gasteiger partial charge in [0.1, 0.15) is 11.2 Å². The monoisotopic (exact) mass is 654 g/mol. The second-order valence-electron chi connectivity index (χ2n) is 13.5. The Morgan fingerprint density at radius 3 is 1.92 bits per heavy atom. The van der Waals surface area contributed by atoms with Gasteiger partial charge in [-0.2, -0.15) is 0 Å². The summed E-state index contributed by atoms with van der Waals surface area (Å²) in [6.45, 7) is 0. The summed E-state index contributed by atoms with van der Waals surface area (Å²) >= 11 is 1.86. The Morgan fingerprint density at radius 1 is 0.500 bits per heavy atom. The largest absolute Gasteiger partial charge is 0.455 e. The van der Waals surface area contributed by atoms with Gasteiger partial charge in [-0.15, -0.1) is 11.3 Å². The maximum Gasteiger partial charge on any atom is 0.143 e. The first kappa shape index (κ1) is 27.9. The summed E-state index contributed by atoms with van der Waals surface area (Å²) < 4.78 is 9.34. The third-order valence-corrected chi connectivity index (χ3v) is 12.0. The first-order valence-electron chi connectivity index (χ1n) is 17.4. The highest BCUT2D eigenvalue weighted by molar-refractivity contribution is 7.26. The molecule has 0 bridgehead atoms. The molecule has 2 aromatic heterocycles. The molecular formula is C48H30OS. The molecule has 50 heavy (non-hydrogen) atoms. The van der Waals surface area contributed by atoms with Gasteiger partial charge in [0.25, 0.3) is 0 Å². The molecule has 1 aliphatic rings. The van der Waals surface area contributed by atoms with Crippen LogP contribution in [-0.2, 0) is 0 Å². The fourth-order valence-corrected chi connectivity index (χ4v) is 9.72. The Hall–Kier alpha value is -5.96. The number of fused-ring (bicyclic) bond motifs is 11. The molecule has 1 aliphatic carbocycles. The highest BCUT2D eigenvalue weighted by Crippen LogP contribution is 2.47. The van der Waals surface area contributed by atoms with Gasteiger partial charge in [-0.25, -0.2) is 0 Å². The molecule has 0 amide bonds. The van der Waals surface area contributed by atoms with Gasteiger partial charge >= 0.3 is 0 Å². The number of furan rings is 1. The van der Waals surface area contributed by atoms with Crippen LogP contribution in [0.3, 0.4) is 0 Å². The Bertz CT molecular complexity index is 3010. The predicted molar refractivity (Wildman–Crippen MR) is 215 cm³/mol. The highest BCUT2D eigenvalue weighted by Gasteiger charge is 2.22. The molecule has 0 aliphatic heterocycles. The van der Waals surface area contributed by atoms with Crippen LogP contribution in [0.5, 0.6) is 0 Å². The molecule has 0 saturated carbocycles. The molecule has 1 unspecified atom stereocenters. The standard InChI is InChI=1S/C48H30OS/c1-2-11-29(12-3-1)30-13-10-14-31(27-30)45-33-15-4-6-17-35(33)46(36-18-7-5-16-34(36)45)32-21-25-42-41(28-32)39-23-22-37-38(48(39)49-42)24-26-44-47(37)40-19-8-9-20-43(40)50-44/h1-26,28,30H,27H2. The molecular weight excluding hydrogens is 625 g/mol. The van der Waals surface area contributed by atoms with Gasteiger partial charge in [-0.3, -0.25) is 0 Å². The maximum atomic E-state index is 6.70. The summed E-state index contributed by atoms with van der Waals surface area (Å²) in [5.74, 6) is 0.357. The number of hydrogen-bond acceptors (Lipinski definition) is 2. The zero-order valence-electron chi connectivity index (χ0n) is 27.2. The van der Waals surface area contributed by atoms with Crippen LogP contribution in [0.2, 0.25) is 0 Å². The van der Waals surface area contributed by atoms with Crippen molar-refractivity contribution in [3.05, 3.63) is 175 Å². The van der Waals surface area contributed by atoms with Crippen molar-refractivity contribution in [2.24, 2.45) is 0 Å². The molecule has 10 aromatic rings. The second-order valence-corrected chi connectivity index (χ2v) is 14.6. The summed E-state index contributed by atoms with van der Waals surface area (Å²) in [4.78, 5) is 0. The Kier molecular flexibility index (Phi) is 6.02. The van der Waals surface area contributed by atoms with Gasteiger partial charge in [0, 0.05) is 42.2 Å². The van der Waals surface area contributed by atoms with E-state index in [0.29, 0.717) is 5.92 Å². The quantitative estimate of drug-likeness (QED) is 0.173. The summed E-state index contributed by atoms with van der Waals surface area (Å²) in [6, 6.07) is 53.4. The van der Waals surface area contributed by atoms with E-state index in [1.165, 1.54) is 80.3 Å². The fraction of sp³-hybridized carbons (Fsp3) is 0.0417. The van der Waals surface area contributed by atoms with Crippen LogP contribution in [0.4, 0.5) is 0 Å². The molecule has 8 aromatic carbocycles. The van der Waals surface area contributed by atoms with Crippen molar-refractivity contribution in [2.45, 2.75) is 12.3 Å². The van der Waals surface area contributed by atoms with E-state index in [2.05, 4.69) is 164 Å². The van der Waals surface area contributed by atoms with E-state index in [9.17, 15) is 0 Å². The number of thiophene rings is 1. The van der Waals surface area contributed by atoms with Crippen molar-refractivity contribution in [3.8, 4) is 11.1 Å². The fourth-order valence-electron chi connectivity index (χ4n) is 8.60. The van der Waals surface area contributed by atoms with E-state index >= 15 is 0 Å². The van der Waals surface area contributed by atoms with E-state index in [1.54, 1.807) is 0 Å². The van der Waals surface area contributed by atoms with Gasteiger partial charge in [0.05, 0.1) is 0 Å². The lowest BCUT2D eigenvalue weighted by Gasteiger charge is -2.23. The lowest BCUT2D eigenvalue weighted by atomic mass is 9.80. The van der Waals surface area contributed by atoms with Gasteiger partial charge in [-0.05, 0) is 97.6 Å². The van der Waals surface area contributed by atoms with Crippen molar-refractivity contribution in [3.63, 3.8) is 0 Å².